The minimum Gasteiger partial charge on any atom is -0.406 e. The molecule has 0 saturated carbocycles. The Morgan fingerprint density at radius 1 is 1.29 bits per heavy atom. The summed E-state index contributed by atoms with van der Waals surface area (Å²) in [7, 11) is 0. The highest BCUT2D eigenvalue weighted by molar-refractivity contribution is 5.27. The van der Waals surface area contributed by atoms with Gasteiger partial charge < -0.3 is 15.2 Å². The zero-order chi connectivity index (χ0) is 15.3. The third-order valence-electron chi connectivity index (χ3n) is 3.54. The molecular weight excluding hydrogens is 283 g/mol. The number of halogens is 3. The fraction of sp³-hybridized carbons (Fsp3) is 0.600. The van der Waals surface area contributed by atoms with Gasteiger partial charge in [0.1, 0.15) is 5.75 Å². The van der Waals surface area contributed by atoms with E-state index in [-0.39, 0.29) is 11.8 Å². The standard InChI is InChI=1S/C15H20F3NO2/c16-15(17,18)21-14-6-3-11(4-7-14)10-12(19)5-8-13-2-1-9-20-13/h3-4,6-7,12-13H,1-2,5,8-10,19H2. The van der Waals surface area contributed by atoms with Gasteiger partial charge in [0.05, 0.1) is 6.10 Å². The number of hydrogen-bond donors (Lipinski definition) is 1. The summed E-state index contributed by atoms with van der Waals surface area (Å²) in [5, 5.41) is 0. The van der Waals surface area contributed by atoms with Crippen LogP contribution in [0.5, 0.6) is 5.75 Å². The fourth-order valence-corrected chi connectivity index (χ4v) is 2.50. The van der Waals surface area contributed by atoms with E-state index >= 15 is 0 Å². The van der Waals surface area contributed by atoms with Crippen molar-refractivity contribution in [3.05, 3.63) is 29.8 Å². The van der Waals surface area contributed by atoms with Gasteiger partial charge in [0, 0.05) is 12.6 Å². The predicted octanol–water partition coefficient (Wildman–Crippen LogP) is 3.41. The van der Waals surface area contributed by atoms with Crippen LogP contribution in [0.1, 0.15) is 31.2 Å². The van der Waals surface area contributed by atoms with Crippen LogP contribution >= 0.6 is 0 Å². The van der Waals surface area contributed by atoms with E-state index < -0.39 is 6.36 Å². The van der Waals surface area contributed by atoms with Crippen LogP contribution in [0.3, 0.4) is 0 Å². The van der Waals surface area contributed by atoms with E-state index in [1.165, 1.54) is 12.1 Å². The Morgan fingerprint density at radius 2 is 2.00 bits per heavy atom. The summed E-state index contributed by atoms with van der Waals surface area (Å²) in [5.41, 5.74) is 6.96. The van der Waals surface area contributed by atoms with Gasteiger partial charge in [-0.15, -0.1) is 13.2 Å². The molecule has 118 valence electrons. The summed E-state index contributed by atoms with van der Waals surface area (Å²) >= 11 is 0. The van der Waals surface area contributed by atoms with Crippen molar-refractivity contribution in [2.45, 2.75) is 50.6 Å². The van der Waals surface area contributed by atoms with Crippen LogP contribution in [0.25, 0.3) is 0 Å². The summed E-state index contributed by atoms with van der Waals surface area (Å²) in [6, 6.07) is 5.86. The number of rotatable bonds is 6. The third-order valence-corrected chi connectivity index (χ3v) is 3.54. The van der Waals surface area contributed by atoms with Gasteiger partial charge in [-0.1, -0.05) is 12.1 Å². The highest BCUT2D eigenvalue weighted by Gasteiger charge is 2.30. The molecule has 0 spiro atoms. The quantitative estimate of drug-likeness (QED) is 0.876. The van der Waals surface area contributed by atoms with Crippen LogP contribution < -0.4 is 10.5 Å². The third kappa shape index (κ3) is 5.93. The van der Waals surface area contributed by atoms with E-state index in [2.05, 4.69) is 4.74 Å². The van der Waals surface area contributed by atoms with Gasteiger partial charge in [-0.05, 0) is 49.8 Å². The molecule has 1 fully saturated rings. The molecule has 0 aromatic heterocycles. The molecular formula is C15H20F3NO2. The van der Waals surface area contributed by atoms with Gasteiger partial charge in [-0.3, -0.25) is 0 Å². The number of nitrogens with two attached hydrogens (primary N) is 1. The molecule has 2 unspecified atom stereocenters. The number of ether oxygens (including phenoxy) is 2. The molecule has 1 aromatic carbocycles. The van der Waals surface area contributed by atoms with Gasteiger partial charge >= 0.3 is 6.36 Å². The molecule has 1 heterocycles. The van der Waals surface area contributed by atoms with Crippen molar-refractivity contribution in [2.75, 3.05) is 6.61 Å². The average molecular weight is 303 g/mol. The minimum absolute atomic E-state index is 0.0106. The largest absolute Gasteiger partial charge is 0.573 e. The maximum Gasteiger partial charge on any atom is 0.573 e. The SMILES string of the molecule is NC(CCC1CCCO1)Cc1ccc(OC(F)(F)F)cc1. The Bertz CT molecular complexity index is 428. The zero-order valence-corrected chi connectivity index (χ0v) is 11.7. The molecule has 0 bridgehead atoms. The summed E-state index contributed by atoms with van der Waals surface area (Å²) in [5.74, 6) is -0.209. The smallest absolute Gasteiger partial charge is 0.406 e. The van der Waals surface area contributed by atoms with Crippen molar-refractivity contribution in [1.82, 2.24) is 0 Å². The van der Waals surface area contributed by atoms with Crippen LogP contribution in [-0.2, 0) is 11.2 Å². The van der Waals surface area contributed by atoms with E-state index in [0.29, 0.717) is 12.5 Å². The molecule has 2 rings (SSSR count). The molecule has 1 aliphatic heterocycles. The molecule has 1 aliphatic rings. The van der Waals surface area contributed by atoms with Gasteiger partial charge in [-0.2, -0.15) is 0 Å². The molecule has 0 aliphatic carbocycles. The van der Waals surface area contributed by atoms with Crippen LogP contribution in [-0.4, -0.2) is 25.1 Å². The normalized spacial score (nSPS) is 20.5. The van der Waals surface area contributed by atoms with Crippen LogP contribution in [0.15, 0.2) is 24.3 Å². The topological polar surface area (TPSA) is 44.5 Å². The van der Waals surface area contributed by atoms with E-state index in [1.807, 2.05) is 0 Å². The van der Waals surface area contributed by atoms with Crippen molar-refractivity contribution in [3.8, 4) is 5.75 Å². The second-order valence-electron chi connectivity index (χ2n) is 5.37. The molecule has 1 saturated heterocycles. The number of alkyl halides is 3. The van der Waals surface area contributed by atoms with Crippen LogP contribution in [0, 0.1) is 0 Å². The van der Waals surface area contributed by atoms with Crippen LogP contribution in [0.2, 0.25) is 0 Å². The molecule has 0 radical (unpaired) electrons. The van der Waals surface area contributed by atoms with E-state index in [0.717, 1.165) is 37.9 Å². The van der Waals surface area contributed by atoms with Gasteiger partial charge in [0.2, 0.25) is 0 Å². The van der Waals surface area contributed by atoms with Crippen molar-refractivity contribution < 1.29 is 22.6 Å². The first-order valence-corrected chi connectivity index (χ1v) is 7.14. The lowest BCUT2D eigenvalue weighted by atomic mass is 10.00. The number of benzene rings is 1. The Balaban J connectivity index is 1.76. The Labute approximate surface area is 122 Å². The highest BCUT2D eigenvalue weighted by Crippen LogP contribution is 2.23. The van der Waals surface area contributed by atoms with Gasteiger partial charge in [0.25, 0.3) is 0 Å². The molecule has 6 heteroatoms. The van der Waals surface area contributed by atoms with E-state index in [1.54, 1.807) is 12.1 Å². The summed E-state index contributed by atoms with van der Waals surface area (Å²) in [4.78, 5) is 0. The fourth-order valence-electron chi connectivity index (χ4n) is 2.50. The van der Waals surface area contributed by atoms with Crippen molar-refractivity contribution in [2.24, 2.45) is 5.73 Å². The lowest BCUT2D eigenvalue weighted by molar-refractivity contribution is -0.274. The first-order valence-electron chi connectivity index (χ1n) is 7.14. The average Bonchev–Trinajstić information content (AvgIpc) is 2.90. The Hall–Kier alpha value is -1.27. The van der Waals surface area contributed by atoms with Crippen LogP contribution in [0.4, 0.5) is 13.2 Å². The molecule has 21 heavy (non-hydrogen) atoms. The minimum atomic E-state index is -4.65. The van der Waals surface area contributed by atoms with E-state index in [9.17, 15) is 13.2 Å². The molecule has 3 nitrogen and oxygen atoms in total. The Morgan fingerprint density at radius 3 is 2.57 bits per heavy atom. The molecule has 2 N–H and O–H groups in total. The van der Waals surface area contributed by atoms with Crippen molar-refractivity contribution in [1.29, 1.82) is 0 Å². The summed E-state index contributed by atoms with van der Waals surface area (Å²) in [6.07, 6.45) is 0.301. The molecule has 1 aromatic rings. The van der Waals surface area contributed by atoms with E-state index in [4.69, 9.17) is 10.5 Å². The number of hydrogen-bond acceptors (Lipinski definition) is 3. The lowest BCUT2D eigenvalue weighted by Crippen LogP contribution is -2.24. The van der Waals surface area contributed by atoms with Gasteiger partial charge in [-0.25, -0.2) is 0 Å². The highest BCUT2D eigenvalue weighted by atomic mass is 19.4. The second kappa shape index (κ2) is 7.13. The zero-order valence-electron chi connectivity index (χ0n) is 11.7. The predicted molar refractivity (Wildman–Crippen MR) is 73.0 cm³/mol. The monoisotopic (exact) mass is 303 g/mol. The van der Waals surface area contributed by atoms with Gasteiger partial charge in [0.15, 0.2) is 0 Å². The lowest BCUT2D eigenvalue weighted by Gasteiger charge is -2.15. The summed E-state index contributed by atoms with van der Waals surface area (Å²) < 4.78 is 45.5. The first kappa shape index (κ1) is 16.1. The molecule has 2 atom stereocenters. The second-order valence-corrected chi connectivity index (χ2v) is 5.37. The van der Waals surface area contributed by atoms with Crippen molar-refractivity contribution in [3.63, 3.8) is 0 Å². The maximum absolute atomic E-state index is 12.0. The first-order chi connectivity index (χ1) is 9.92. The van der Waals surface area contributed by atoms with Crippen molar-refractivity contribution >= 4 is 0 Å². The summed E-state index contributed by atoms with van der Waals surface area (Å²) in [6.45, 7) is 0.834. The molecule has 0 amide bonds. The maximum atomic E-state index is 12.0. The Kier molecular flexibility index (Phi) is 5.47.